The predicted molar refractivity (Wildman–Crippen MR) is 69.8 cm³/mol. The third-order valence-corrected chi connectivity index (χ3v) is 4.06. The second-order valence-electron chi connectivity index (χ2n) is 5.08. The van der Waals surface area contributed by atoms with Crippen molar-refractivity contribution in [2.75, 3.05) is 7.05 Å². The Labute approximate surface area is 99.3 Å². The maximum Gasteiger partial charge on any atom is 0.0218 e. The quantitative estimate of drug-likeness (QED) is 0.815. The minimum atomic E-state index is 0.383. The van der Waals surface area contributed by atoms with Crippen LogP contribution in [0.2, 0.25) is 0 Å². The molecular weight excluding hydrogens is 194 g/mol. The second kappa shape index (κ2) is 5.01. The molecule has 0 radical (unpaired) electrons. The van der Waals surface area contributed by atoms with E-state index in [1.54, 1.807) is 0 Å². The van der Waals surface area contributed by atoms with E-state index in [-0.39, 0.29) is 0 Å². The van der Waals surface area contributed by atoms with E-state index >= 15 is 0 Å². The van der Waals surface area contributed by atoms with Crippen LogP contribution in [0.1, 0.15) is 43.7 Å². The average Bonchev–Trinajstić information content (AvgIpc) is 2.79. The lowest BCUT2D eigenvalue weighted by Crippen LogP contribution is -2.42. The van der Waals surface area contributed by atoms with E-state index < -0.39 is 0 Å². The van der Waals surface area contributed by atoms with Gasteiger partial charge in [0.05, 0.1) is 0 Å². The van der Waals surface area contributed by atoms with E-state index in [0.29, 0.717) is 5.54 Å². The molecule has 1 heteroatoms. The van der Waals surface area contributed by atoms with Crippen molar-refractivity contribution in [3.05, 3.63) is 35.4 Å². The van der Waals surface area contributed by atoms with Crippen LogP contribution < -0.4 is 5.32 Å². The molecule has 1 saturated carbocycles. The predicted octanol–water partition coefficient (Wildman–Crippen LogP) is 3.32. The van der Waals surface area contributed by atoms with Crippen molar-refractivity contribution in [2.24, 2.45) is 0 Å². The Morgan fingerprint density at radius 1 is 1.06 bits per heavy atom. The van der Waals surface area contributed by atoms with Gasteiger partial charge in [0.1, 0.15) is 0 Å². The molecule has 1 aliphatic carbocycles. The molecule has 2 rings (SSSR count). The van der Waals surface area contributed by atoms with Gasteiger partial charge in [-0.1, -0.05) is 44.0 Å². The molecule has 0 aliphatic heterocycles. The molecule has 1 aliphatic rings. The van der Waals surface area contributed by atoms with Gasteiger partial charge in [0.15, 0.2) is 0 Å². The number of hydrogen-bond acceptors (Lipinski definition) is 1. The molecule has 0 unspecified atom stereocenters. The van der Waals surface area contributed by atoms with Gasteiger partial charge in [-0.15, -0.1) is 0 Å². The van der Waals surface area contributed by atoms with E-state index in [4.69, 9.17) is 0 Å². The Hall–Kier alpha value is -0.820. The third-order valence-electron chi connectivity index (χ3n) is 4.06. The molecule has 1 aromatic rings. The van der Waals surface area contributed by atoms with Crippen molar-refractivity contribution in [1.82, 2.24) is 5.32 Å². The van der Waals surface area contributed by atoms with Gasteiger partial charge < -0.3 is 5.32 Å². The normalized spacial score (nSPS) is 18.9. The highest BCUT2D eigenvalue weighted by atomic mass is 14.9. The topological polar surface area (TPSA) is 12.0 Å². The van der Waals surface area contributed by atoms with Crippen LogP contribution in [-0.4, -0.2) is 12.6 Å². The van der Waals surface area contributed by atoms with E-state index in [1.807, 2.05) is 0 Å². The fourth-order valence-corrected chi connectivity index (χ4v) is 2.85. The summed E-state index contributed by atoms with van der Waals surface area (Å²) in [6.07, 6.45) is 7.75. The van der Waals surface area contributed by atoms with Crippen molar-refractivity contribution in [1.29, 1.82) is 0 Å². The van der Waals surface area contributed by atoms with Crippen molar-refractivity contribution in [3.63, 3.8) is 0 Å². The molecule has 1 aromatic carbocycles. The number of likely N-dealkylation sites (N-methyl/N-ethyl adjacent to an activating group) is 1. The van der Waals surface area contributed by atoms with Crippen LogP contribution in [0.5, 0.6) is 0 Å². The second-order valence-corrected chi connectivity index (χ2v) is 5.08. The fourth-order valence-electron chi connectivity index (χ4n) is 2.85. The van der Waals surface area contributed by atoms with Crippen molar-refractivity contribution in [3.8, 4) is 0 Å². The third kappa shape index (κ3) is 2.46. The molecule has 0 bridgehead atoms. The van der Waals surface area contributed by atoms with Gasteiger partial charge in [0.2, 0.25) is 0 Å². The number of nitrogens with one attached hydrogen (secondary N) is 1. The molecule has 16 heavy (non-hydrogen) atoms. The molecule has 0 atom stereocenters. The molecule has 88 valence electrons. The summed E-state index contributed by atoms with van der Waals surface area (Å²) in [4.78, 5) is 0. The van der Waals surface area contributed by atoms with Crippen molar-refractivity contribution >= 4 is 0 Å². The van der Waals surface area contributed by atoms with Crippen LogP contribution in [0.15, 0.2) is 24.3 Å². The van der Waals surface area contributed by atoms with E-state index in [1.165, 1.54) is 43.2 Å². The number of aryl methyl sites for hydroxylation is 1. The summed E-state index contributed by atoms with van der Waals surface area (Å²) in [5.41, 5.74) is 3.30. The highest BCUT2D eigenvalue weighted by Gasteiger charge is 2.31. The minimum absolute atomic E-state index is 0.383. The zero-order valence-corrected chi connectivity index (χ0v) is 10.6. The lowest BCUT2D eigenvalue weighted by molar-refractivity contribution is 0.357. The molecule has 0 saturated heterocycles. The first kappa shape index (κ1) is 11.7. The first-order valence-corrected chi connectivity index (χ1v) is 6.55. The summed E-state index contributed by atoms with van der Waals surface area (Å²) < 4.78 is 0. The van der Waals surface area contributed by atoms with Gasteiger partial charge in [0.25, 0.3) is 0 Å². The van der Waals surface area contributed by atoms with Gasteiger partial charge in [-0.2, -0.15) is 0 Å². The number of benzene rings is 1. The highest BCUT2D eigenvalue weighted by Crippen LogP contribution is 2.32. The monoisotopic (exact) mass is 217 g/mol. The Balaban J connectivity index is 2.07. The maximum absolute atomic E-state index is 3.55. The molecular formula is C15H23N. The summed E-state index contributed by atoms with van der Waals surface area (Å²) >= 11 is 0. The summed E-state index contributed by atoms with van der Waals surface area (Å²) in [5.74, 6) is 0. The Morgan fingerprint density at radius 2 is 1.62 bits per heavy atom. The van der Waals surface area contributed by atoms with Crippen LogP contribution in [0, 0.1) is 0 Å². The van der Waals surface area contributed by atoms with Gasteiger partial charge >= 0.3 is 0 Å². The van der Waals surface area contributed by atoms with Crippen LogP contribution in [0.4, 0.5) is 0 Å². The van der Waals surface area contributed by atoms with Gasteiger partial charge in [-0.3, -0.25) is 0 Å². The first-order valence-electron chi connectivity index (χ1n) is 6.55. The summed E-state index contributed by atoms with van der Waals surface area (Å²) in [7, 11) is 2.12. The summed E-state index contributed by atoms with van der Waals surface area (Å²) in [5, 5.41) is 3.55. The van der Waals surface area contributed by atoms with Crippen LogP contribution in [-0.2, 0) is 12.8 Å². The maximum atomic E-state index is 3.55. The Morgan fingerprint density at radius 3 is 2.12 bits per heavy atom. The standard InChI is InChI=1S/C15H23N/c1-3-13-6-8-14(9-7-13)12-15(16-2)10-4-5-11-15/h6-9,16H,3-5,10-12H2,1-2H3. The Bertz CT molecular complexity index is 320. The zero-order valence-electron chi connectivity index (χ0n) is 10.6. The van der Waals surface area contributed by atoms with Gasteiger partial charge in [-0.05, 0) is 43.9 Å². The zero-order chi connectivity index (χ0) is 11.4. The van der Waals surface area contributed by atoms with Crippen LogP contribution >= 0.6 is 0 Å². The smallest absolute Gasteiger partial charge is 0.0218 e. The highest BCUT2D eigenvalue weighted by molar-refractivity contribution is 5.24. The molecule has 1 nitrogen and oxygen atoms in total. The largest absolute Gasteiger partial charge is 0.314 e. The Kier molecular flexibility index (Phi) is 3.65. The first-order chi connectivity index (χ1) is 7.78. The number of hydrogen-bond donors (Lipinski definition) is 1. The van der Waals surface area contributed by atoms with E-state index in [2.05, 4.69) is 43.6 Å². The van der Waals surface area contributed by atoms with E-state index in [9.17, 15) is 0 Å². The molecule has 0 amide bonds. The van der Waals surface area contributed by atoms with Gasteiger partial charge in [0, 0.05) is 5.54 Å². The number of rotatable bonds is 4. The summed E-state index contributed by atoms with van der Waals surface area (Å²) in [6.45, 7) is 2.21. The molecule has 1 fully saturated rings. The lowest BCUT2D eigenvalue weighted by Gasteiger charge is -2.28. The molecule has 0 heterocycles. The molecule has 0 spiro atoms. The lowest BCUT2D eigenvalue weighted by atomic mass is 9.89. The minimum Gasteiger partial charge on any atom is -0.314 e. The van der Waals surface area contributed by atoms with E-state index in [0.717, 1.165) is 6.42 Å². The van der Waals surface area contributed by atoms with Crippen LogP contribution in [0.3, 0.4) is 0 Å². The van der Waals surface area contributed by atoms with Gasteiger partial charge in [-0.25, -0.2) is 0 Å². The molecule has 0 aromatic heterocycles. The van der Waals surface area contributed by atoms with Crippen molar-refractivity contribution < 1.29 is 0 Å². The van der Waals surface area contributed by atoms with Crippen LogP contribution in [0.25, 0.3) is 0 Å². The average molecular weight is 217 g/mol. The fraction of sp³-hybridized carbons (Fsp3) is 0.600. The molecule has 1 N–H and O–H groups in total. The summed E-state index contributed by atoms with van der Waals surface area (Å²) in [6, 6.07) is 9.15. The SMILES string of the molecule is CCc1ccc(CC2(NC)CCCC2)cc1. The van der Waals surface area contributed by atoms with Crippen molar-refractivity contribution in [2.45, 2.75) is 51.0 Å².